The third-order valence-electron chi connectivity index (χ3n) is 8.51. The maximum Gasteiger partial charge on any atom is 0.161 e. The first kappa shape index (κ1) is 32.0. The van der Waals surface area contributed by atoms with Crippen LogP contribution < -0.4 is 0 Å². The van der Waals surface area contributed by atoms with E-state index in [2.05, 4.69) is 93.8 Å². The number of amidine groups is 2. The summed E-state index contributed by atoms with van der Waals surface area (Å²) in [4.78, 5) is 18.5. The van der Waals surface area contributed by atoms with E-state index in [1.807, 2.05) is 105 Å². The second-order valence-corrected chi connectivity index (χ2v) is 12.1. The first-order chi connectivity index (χ1) is 24.5. The monoisotopic (exact) mass is 645 g/mol. The molecule has 5 aromatic carbocycles. The highest BCUT2D eigenvalue weighted by Gasteiger charge is 2.09. The molecule has 0 bridgehead atoms. The summed E-state index contributed by atoms with van der Waals surface area (Å²) in [5.74, 6) is 0.627. The molecule has 0 amide bonds. The molecule has 0 spiro atoms. The van der Waals surface area contributed by atoms with Crippen molar-refractivity contribution in [3.05, 3.63) is 192 Å². The van der Waals surface area contributed by atoms with Gasteiger partial charge in [0.25, 0.3) is 0 Å². The molecule has 50 heavy (non-hydrogen) atoms. The van der Waals surface area contributed by atoms with Gasteiger partial charge in [-0.15, -0.1) is 0 Å². The summed E-state index contributed by atoms with van der Waals surface area (Å²) in [6, 6.07) is 51.3. The second kappa shape index (κ2) is 14.7. The van der Waals surface area contributed by atoms with Crippen molar-refractivity contribution in [1.29, 1.82) is 5.41 Å². The van der Waals surface area contributed by atoms with Crippen molar-refractivity contribution in [2.45, 2.75) is 13.8 Å². The molecule has 0 aliphatic heterocycles. The van der Waals surface area contributed by atoms with E-state index in [-0.39, 0.29) is 5.84 Å². The lowest BCUT2D eigenvalue weighted by atomic mass is 9.94. The van der Waals surface area contributed by atoms with Crippen LogP contribution in [0.1, 0.15) is 28.1 Å². The lowest BCUT2D eigenvalue weighted by Crippen LogP contribution is -2.04. The quantitative estimate of drug-likeness (QED) is 0.138. The van der Waals surface area contributed by atoms with E-state index in [4.69, 9.17) is 10.4 Å². The molecule has 7 aromatic rings. The molecule has 0 atom stereocenters. The van der Waals surface area contributed by atoms with Gasteiger partial charge >= 0.3 is 0 Å². The van der Waals surface area contributed by atoms with Crippen LogP contribution in [-0.4, -0.2) is 27.9 Å². The van der Waals surface area contributed by atoms with Crippen molar-refractivity contribution in [3.8, 4) is 44.5 Å². The maximum atomic E-state index is 8.70. The number of hydrogen-bond donors (Lipinski definition) is 1. The highest BCUT2D eigenvalue weighted by molar-refractivity contribution is 6.13. The van der Waals surface area contributed by atoms with Gasteiger partial charge in [-0.05, 0) is 83.1 Å². The minimum Gasteiger partial charge on any atom is -0.282 e. The van der Waals surface area contributed by atoms with Crippen molar-refractivity contribution in [2.24, 2.45) is 9.98 Å². The third-order valence-corrected chi connectivity index (χ3v) is 8.51. The number of aryl methyl sites for hydroxylation is 2. The number of aliphatic imine (C=N–C) groups is 2. The van der Waals surface area contributed by atoms with Crippen LogP contribution in [0.3, 0.4) is 0 Å². The van der Waals surface area contributed by atoms with Crippen LogP contribution in [0, 0.1) is 19.3 Å². The Hall–Kier alpha value is -6.59. The molecule has 5 nitrogen and oxygen atoms in total. The van der Waals surface area contributed by atoms with Gasteiger partial charge in [0.05, 0.1) is 0 Å². The van der Waals surface area contributed by atoms with Crippen LogP contribution in [0.5, 0.6) is 0 Å². The zero-order valence-electron chi connectivity index (χ0n) is 28.0. The number of pyridine rings is 2. The van der Waals surface area contributed by atoms with E-state index >= 15 is 0 Å². The lowest BCUT2D eigenvalue weighted by Gasteiger charge is -2.11. The van der Waals surface area contributed by atoms with E-state index in [1.54, 1.807) is 0 Å². The number of benzene rings is 5. The van der Waals surface area contributed by atoms with Crippen LogP contribution in [0.4, 0.5) is 0 Å². The zero-order chi connectivity index (χ0) is 34.3. The first-order valence-electron chi connectivity index (χ1n) is 16.5. The van der Waals surface area contributed by atoms with Crippen molar-refractivity contribution in [3.63, 3.8) is 0 Å². The van der Waals surface area contributed by atoms with Gasteiger partial charge < -0.3 is 0 Å². The lowest BCUT2D eigenvalue weighted by molar-refractivity contribution is 1.20. The summed E-state index contributed by atoms with van der Waals surface area (Å²) in [5.41, 5.74) is 13.2. The van der Waals surface area contributed by atoms with Crippen molar-refractivity contribution >= 4 is 17.9 Å². The molecule has 5 heteroatoms. The number of aromatic nitrogens is 2. The molecule has 0 radical (unpaired) electrons. The Labute approximate surface area is 293 Å². The highest BCUT2D eigenvalue weighted by atomic mass is 14.9. The van der Waals surface area contributed by atoms with Gasteiger partial charge in [-0.3, -0.25) is 15.4 Å². The van der Waals surface area contributed by atoms with Crippen molar-refractivity contribution in [2.75, 3.05) is 0 Å². The normalized spacial score (nSPS) is 11.5. The maximum absolute atomic E-state index is 8.70. The number of hydrogen-bond acceptors (Lipinski definition) is 3. The smallest absolute Gasteiger partial charge is 0.161 e. The number of rotatable bonds is 7. The summed E-state index contributed by atoms with van der Waals surface area (Å²) < 4.78 is 0. The molecular weight excluding hydrogens is 611 g/mol. The Morgan fingerprint density at radius 3 is 1.34 bits per heavy atom. The molecular formula is C45H35N5. The van der Waals surface area contributed by atoms with Crippen LogP contribution >= 0.6 is 0 Å². The van der Waals surface area contributed by atoms with Crippen LogP contribution in [0.25, 0.3) is 44.5 Å². The summed E-state index contributed by atoms with van der Waals surface area (Å²) in [5, 5.41) is 8.70. The zero-order valence-corrected chi connectivity index (χ0v) is 28.0. The SMILES string of the molecule is Cc1ccc(-c2ccc(-c3cc(C=NC(=NC(=N)c4ccccc4)c4ccccc4)cc(-c4ccc(-c5ccc(C)nc5)cc4)c3)cc2)cn1. The average Bonchev–Trinajstić information content (AvgIpc) is 3.18. The van der Waals surface area contributed by atoms with Crippen LogP contribution in [-0.2, 0) is 0 Å². The molecule has 0 fully saturated rings. The van der Waals surface area contributed by atoms with E-state index < -0.39 is 0 Å². The van der Waals surface area contributed by atoms with Gasteiger partial charge in [0.15, 0.2) is 11.7 Å². The molecule has 0 unspecified atom stereocenters. The fourth-order valence-electron chi connectivity index (χ4n) is 5.70. The Morgan fingerprint density at radius 1 is 0.480 bits per heavy atom. The summed E-state index contributed by atoms with van der Waals surface area (Å²) in [6.07, 6.45) is 5.67. The van der Waals surface area contributed by atoms with Crippen LogP contribution in [0.15, 0.2) is 174 Å². The van der Waals surface area contributed by atoms with Gasteiger partial charge in [0.1, 0.15) is 0 Å². The molecule has 2 heterocycles. The first-order valence-corrected chi connectivity index (χ1v) is 16.5. The van der Waals surface area contributed by atoms with Gasteiger partial charge in [-0.1, -0.05) is 121 Å². The summed E-state index contributed by atoms with van der Waals surface area (Å²) in [7, 11) is 0. The molecule has 2 aromatic heterocycles. The fourth-order valence-corrected chi connectivity index (χ4v) is 5.70. The standard InChI is InChI=1S/C45H35N5/c1-31-13-15-40(29-47-31)34-17-21-36(22-18-34)42-25-33(26-43(27-42)37-23-19-35(20-24-37)41-16-14-32(2)48-30-41)28-49-45(39-11-7-4-8-12-39)50-44(46)38-9-5-3-6-10-38/h3-30,46H,1-2H3. The van der Waals surface area contributed by atoms with Crippen molar-refractivity contribution < 1.29 is 0 Å². The van der Waals surface area contributed by atoms with E-state index in [1.165, 1.54) is 0 Å². The highest BCUT2D eigenvalue weighted by Crippen LogP contribution is 2.31. The van der Waals surface area contributed by atoms with Gasteiger partial charge in [-0.25, -0.2) is 9.98 Å². The van der Waals surface area contributed by atoms with E-state index in [0.717, 1.165) is 72.6 Å². The Balaban J connectivity index is 1.28. The minimum atomic E-state index is 0.156. The van der Waals surface area contributed by atoms with Crippen molar-refractivity contribution in [1.82, 2.24) is 9.97 Å². The molecule has 1 N–H and O–H groups in total. The summed E-state index contributed by atoms with van der Waals surface area (Å²) in [6.45, 7) is 3.99. The Bertz CT molecular complexity index is 2180. The van der Waals surface area contributed by atoms with Gasteiger partial charge in [-0.2, -0.15) is 0 Å². The molecule has 0 aliphatic carbocycles. The predicted octanol–water partition coefficient (Wildman–Crippen LogP) is 10.7. The molecule has 0 aliphatic rings. The molecule has 240 valence electrons. The van der Waals surface area contributed by atoms with E-state index in [9.17, 15) is 0 Å². The second-order valence-electron chi connectivity index (χ2n) is 12.1. The number of nitrogens with zero attached hydrogens (tertiary/aromatic N) is 4. The number of nitrogens with one attached hydrogen (secondary N) is 1. The Kier molecular flexibility index (Phi) is 9.38. The predicted molar refractivity (Wildman–Crippen MR) is 207 cm³/mol. The molecule has 0 saturated heterocycles. The topological polar surface area (TPSA) is 74.3 Å². The largest absolute Gasteiger partial charge is 0.282 e. The van der Waals surface area contributed by atoms with E-state index in [0.29, 0.717) is 5.84 Å². The third kappa shape index (κ3) is 7.59. The fraction of sp³-hybridized carbons (Fsp3) is 0.0444. The summed E-state index contributed by atoms with van der Waals surface area (Å²) >= 11 is 0. The van der Waals surface area contributed by atoms with Crippen LogP contribution in [0.2, 0.25) is 0 Å². The Morgan fingerprint density at radius 2 is 0.900 bits per heavy atom. The molecule has 0 saturated carbocycles. The van der Waals surface area contributed by atoms with Gasteiger partial charge in [0.2, 0.25) is 0 Å². The minimum absolute atomic E-state index is 0.156. The molecule has 7 rings (SSSR count). The van der Waals surface area contributed by atoms with Gasteiger partial charge in [0, 0.05) is 52.2 Å². The average molecular weight is 646 g/mol.